The highest BCUT2D eigenvalue weighted by Gasteiger charge is 2.09. The third kappa shape index (κ3) is 1.59. The Morgan fingerprint density at radius 1 is 1.21 bits per heavy atom. The van der Waals surface area contributed by atoms with Crippen LogP contribution in [0.5, 0.6) is 0 Å². The maximum Gasteiger partial charge on any atom is 0.196 e. The lowest BCUT2D eigenvalue weighted by atomic mass is 10.0. The van der Waals surface area contributed by atoms with E-state index in [-0.39, 0.29) is 5.78 Å². The maximum absolute atomic E-state index is 11.8. The second-order valence-electron chi connectivity index (χ2n) is 3.21. The van der Waals surface area contributed by atoms with Gasteiger partial charge in [0, 0.05) is 5.56 Å². The molecule has 0 atom stereocenters. The van der Waals surface area contributed by atoms with Gasteiger partial charge in [-0.2, -0.15) is 0 Å². The van der Waals surface area contributed by atoms with Crippen LogP contribution in [0.2, 0.25) is 0 Å². The standard InChI is InChI=1S/C12H10O2/c1-9-3-2-4-10(7-9)12(13)11-5-6-14-8-11/h2-8H,1H3. The van der Waals surface area contributed by atoms with Crippen molar-refractivity contribution in [2.75, 3.05) is 0 Å². The van der Waals surface area contributed by atoms with Crippen molar-refractivity contribution in [1.29, 1.82) is 0 Å². The van der Waals surface area contributed by atoms with Crippen LogP contribution in [0.15, 0.2) is 47.3 Å². The summed E-state index contributed by atoms with van der Waals surface area (Å²) in [5.74, 6) is 0.00227. The molecule has 0 amide bonds. The number of aryl methyl sites for hydroxylation is 1. The largest absolute Gasteiger partial charge is 0.472 e. The van der Waals surface area contributed by atoms with Gasteiger partial charge in [0.15, 0.2) is 5.78 Å². The Bertz CT molecular complexity index is 441. The molecule has 14 heavy (non-hydrogen) atoms. The summed E-state index contributed by atoms with van der Waals surface area (Å²) in [6.07, 6.45) is 2.97. The minimum absolute atomic E-state index is 0.00227. The molecule has 0 bridgehead atoms. The molecule has 70 valence electrons. The summed E-state index contributed by atoms with van der Waals surface area (Å²) in [6.45, 7) is 1.96. The third-order valence-corrected chi connectivity index (χ3v) is 2.06. The lowest BCUT2D eigenvalue weighted by Gasteiger charge is -1.98. The highest BCUT2D eigenvalue weighted by atomic mass is 16.3. The number of rotatable bonds is 2. The van der Waals surface area contributed by atoms with Crippen LogP contribution < -0.4 is 0 Å². The number of carbonyl (C=O) groups is 1. The van der Waals surface area contributed by atoms with Crippen molar-refractivity contribution < 1.29 is 9.21 Å². The van der Waals surface area contributed by atoms with E-state index in [4.69, 9.17) is 4.42 Å². The van der Waals surface area contributed by atoms with E-state index in [1.807, 2.05) is 31.2 Å². The van der Waals surface area contributed by atoms with E-state index in [2.05, 4.69) is 0 Å². The maximum atomic E-state index is 11.8. The topological polar surface area (TPSA) is 30.2 Å². The molecule has 2 aromatic rings. The van der Waals surface area contributed by atoms with Crippen molar-refractivity contribution in [2.45, 2.75) is 6.92 Å². The van der Waals surface area contributed by atoms with Crippen LogP contribution in [0.4, 0.5) is 0 Å². The fourth-order valence-electron chi connectivity index (χ4n) is 1.35. The smallest absolute Gasteiger partial charge is 0.196 e. The van der Waals surface area contributed by atoms with Crippen LogP contribution >= 0.6 is 0 Å². The van der Waals surface area contributed by atoms with Crippen LogP contribution in [-0.2, 0) is 0 Å². The van der Waals surface area contributed by atoms with Crippen molar-refractivity contribution >= 4 is 5.78 Å². The van der Waals surface area contributed by atoms with E-state index < -0.39 is 0 Å². The first-order valence-electron chi connectivity index (χ1n) is 4.41. The Hall–Kier alpha value is -1.83. The molecule has 0 spiro atoms. The van der Waals surface area contributed by atoms with Crippen LogP contribution in [0.3, 0.4) is 0 Å². The first kappa shape index (κ1) is 8.75. The SMILES string of the molecule is Cc1cccc(C(=O)c2ccoc2)c1. The van der Waals surface area contributed by atoms with E-state index in [1.54, 1.807) is 6.07 Å². The molecule has 0 unspecified atom stereocenters. The van der Waals surface area contributed by atoms with E-state index >= 15 is 0 Å². The minimum Gasteiger partial charge on any atom is -0.472 e. The van der Waals surface area contributed by atoms with E-state index in [0.717, 1.165) is 5.56 Å². The number of ketones is 1. The summed E-state index contributed by atoms with van der Waals surface area (Å²) in [6, 6.07) is 9.19. The molecule has 0 saturated heterocycles. The van der Waals surface area contributed by atoms with Gasteiger partial charge in [0.1, 0.15) is 6.26 Å². The molecule has 1 aromatic heterocycles. The lowest BCUT2D eigenvalue weighted by molar-refractivity contribution is 0.103. The molecular weight excluding hydrogens is 176 g/mol. The molecule has 0 saturated carbocycles. The molecule has 0 aliphatic carbocycles. The number of hydrogen-bond acceptors (Lipinski definition) is 2. The molecule has 2 nitrogen and oxygen atoms in total. The van der Waals surface area contributed by atoms with Crippen LogP contribution in [-0.4, -0.2) is 5.78 Å². The zero-order valence-corrected chi connectivity index (χ0v) is 7.86. The first-order chi connectivity index (χ1) is 6.77. The third-order valence-electron chi connectivity index (χ3n) is 2.06. The zero-order valence-electron chi connectivity index (χ0n) is 7.86. The fourth-order valence-corrected chi connectivity index (χ4v) is 1.35. The predicted octanol–water partition coefficient (Wildman–Crippen LogP) is 2.82. The predicted molar refractivity (Wildman–Crippen MR) is 53.3 cm³/mol. The van der Waals surface area contributed by atoms with E-state index in [0.29, 0.717) is 11.1 Å². The van der Waals surface area contributed by atoms with Gasteiger partial charge in [-0.15, -0.1) is 0 Å². The molecule has 0 aliphatic heterocycles. The molecule has 0 fully saturated rings. The molecule has 2 rings (SSSR count). The molecule has 1 heterocycles. The molecule has 0 aliphatic rings. The van der Waals surface area contributed by atoms with Gasteiger partial charge in [0.25, 0.3) is 0 Å². The Kier molecular flexibility index (Phi) is 2.19. The van der Waals surface area contributed by atoms with Crippen molar-refractivity contribution in [3.8, 4) is 0 Å². The summed E-state index contributed by atoms with van der Waals surface area (Å²) in [5, 5.41) is 0. The van der Waals surface area contributed by atoms with Crippen LogP contribution in [0.1, 0.15) is 21.5 Å². The summed E-state index contributed by atoms with van der Waals surface area (Å²) in [7, 11) is 0. The quantitative estimate of drug-likeness (QED) is 0.675. The summed E-state index contributed by atoms with van der Waals surface area (Å²) >= 11 is 0. The molecule has 0 radical (unpaired) electrons. The second kappa shape index (κ2) is 3.50. The summed E-state index contributed by atoms with van der Waals surface area (Å²) in [4.78, 5) is 11.8. The van der Waals surface area contributed by atoms with Crippen molar-refractivity contribution in [3.05, 3.63) is 59.5 Å². The van der Waals surface area contributed by atoms with Crippen molar-refractivity contribution in [1.82, 2.24) is 0 Å². The van der Waals surface area contributed by atoms with Gasteiger partial charge in [-0.05, 0) is 19.1 Å². The Balaban J connectivity index is 2.37. The van der Waals surface area contributed by atoms with E-state index in [1.165, 1.54) is 12.5 Å². The van der Waals surface area contributed by atoms with Gasteiger partial charge in [-0.3, -0.25) is 4.79 Å². The summed E-state index contributed by atoms with van der Waals surface area (Å²) in [5.41, 5.74) is 2.38. The zero-order chi connectivity index (χ0) is 9.97. The fraction of sp³-hybridized carbons (Fsp3) is 0.0833. The van der Waals surface area contributed by atoms with Gasteiger partial charge < -0.3 is 4.42 Å². The van der Waals surface area contributed by atoms with E-state index in [9.17, 15) is 4.79 Å². The Labute approximate surface area is 82.2 Å². The molecule has 0 N–H and O–H groups in total. The Morgan fingerprint density at radius 2 is 2.07 bits per heavy atom. The van der Waals surface area contributed by atoms with Gasteiger partial charge in [-0.1, -0.05) is 23.8 Å². The molecule has 2 heteroatoms. The van der Waals surface area contributed by atoms with Gasteiger partial charge in [0.2, 0.25) is 0 Å². The first-order valence-corrected chi connectivity index (χ1v) is 4.41. The molecule has 1 aromatic carbocycles. The van der Waals surface area contributed by atoms with Gasteiger partial charge in [-0.25, -0.2) is 0 Å². The Morgan fingerprint density at radius 3 is 2.71 bits per heavy atom. The highest BCUT2D eigenvalue weighted by molar-refractivity contribution is 6.08. The van der Waals surface area contributed by atoms with Gasteiger partial charge >= 0.3 is 0 Å². The summed E-state index contributed by atoms with van der Waals surface area (Å²) < 4.78 is 4.87. The van der Waals surface area contributed by atoms with Crippen LogP contribution in [0.25, 0.3) is 0 Å². The lowest BCUT2D eigenvalue weighted by Crippen LogP contribution is -1.99. The van der Waals surface area contributed by atoms with Crippen molar-refractivity contribution in [3.63, 3.8) is 0 Å². The number of hydrogen-bond donors (Lipinski definition) is 0. The van der Waals surface area contributed by atoms with Crippen LogP contribution in [0, 0.1) is 6.92 Å². The highest BCUT2D eigenvalue weighted by Crippen LogP contribution is 2.11. The number of carbonyl (C=O) groups excluding carboxylic acids is 1. The van der Waals surface area contributed by atoms with Gasteiger partial charge in [0.05, 0.1) is 11.8 Å². The molecular formula is C12H10O2. The number of furan rings is 1. The monoisotopic (exact) mass is 186 g/mol. The minimum atomic E-state index is 0.00227. The normalized spacial score (nSPS) is 10.1. The van der Waals surface area contributed by atoms with Crippen molar-refractivity contribution in [2.24, 2.45) is 0 Å². The average molecular weight is 186 g/mol. The number of benzene rings is 1. The average Bonchev–Trinajstić information content (AvgIpc) is 2.69. The second-order valence-corrected chi connectivity index (χ2v) is 3.21.